The molecular weight excluding hydrogens is 352 g/mol. The molecule has 0 fully saturated rings. The third-order valence-corrected chi connectivity index (χ3v) is 4.78. The Hall–Kier alpha value is -3.28. The fraction of sp³-hybridized carbons (Fsp3) is 0.273. The molecule has 1 unspecified atom stereocenters. The fourth-order valence-corrected chi connectivity index (χ4v) is 3.26. The van der Waals surface area contributed by atoms with Gasteiger partial charge in [0, 0.05) is 30.5 Å². The van der Waals surface area contributed by atoms with Gasteiger partial charge in [-0.1, -0.05) is 35.9 Å². The van der Waals surface area contributed by atoms with E-state index in [9.17, 15) is 0 Å². The van der Waals surface area contributed by atoms with Crippen LogP contribution in [0, 0.1) is 6.92 Å². The molecule has 3 N–H and O–H groups in total. The Kier molecular flexibility index (Phi) is 5.28. The third kappa shape index (κ3) is 4.17. The van der Waals surface area contributed by atoms with Gasteiger partial charge in [-0.3, -0.25) is 4.99 Å². The summed E-state index contributed by atoms with van der Waals surface area (Å²) in [4.78, 5) is 8.98. The topological polar surface area (TPSA) is 85.7 Å². The molecule has 6 nitrogen and oxygen atoms in total. The van der Waals surface area contributed by atoms with Crippen molar-refractivity contribution in [2.75, 3.05) is 13.2 Å². The minimum atomic E-state index is 0.119. The molecule has 1 aromatic heterocycles. The van der Waals surface area contributed by atoms with Gasteiger partial charge in [-0.15, -0.1) is 0 Å². The number of benzene rings is 2. The molecule has 0 saturated carbocycles. The second-order valence-corrected chi connectivity index (χ2v) is 6.90. The minimum absolute atomic E-state index is 0.119. The predicted molar refractivity (Wildman–Crippen MR) is 109 cm³/mol. The van der Waals surface area contributed by atoms with Gasteiger partial charge in [0.25, 0.3) is 0 Å². The SMILES string of the molecule is Cc1ccc(-c2nc(CCN=C(N)NC3CCOc4ccccc43)co2)cc1. The molecule has 0 saturated heterocycles. The normalized spacial score (nSPS) is 16.3. The maximum Gasteiger partial charge on any atom is 0.226 e. The van der Waals surface area contributed by atoms with Crippen molar-refractivity contribution < 1.29 is 9.15 Å². The van der Waals surface area contributed by atoms with Gasteiger partial charge in [0.2, 0.25) is 5.89 Å². The van der Waals surface area contributed by atoms with Gasteiger partial charge in [0.05, 0.1) is 18.3 Å². The minimum Gasteiger partial charge on any atom is -0.493 e. The number of para-hydroxylation sites is 1. The van der Waals surface area contributed by atoms with Crippen LogP contribution >= 0.6 is 0 Å². The lowest BCUT2D eigenvalue weighted by atomic mass is 10.0. The molecule has 3 aromatic rings. The highest BCUT2D eigenvalue weighted by Crippen LogP contribution is 2.31. The maximum absolute atomic E-state index is 6.09. The van der Waals surface area contributed by atoms with Crippen molar-refractivity contribution in [2.45, 2.75) is 25.8 Å². The van der Waals surface area contributed by atoms with Crippen molar-refractivity contribution in [2.24, 2.45) is 10.7 Å². The third-order valence-electron chi connectivity index (χ3n) is 4.78. The van der Waals surface area contributed by atoms with Gasteiger partial charge in [0.1, 0.15) is 12.0 Å². The summed E-state index contributed by atoms with van der Waals surface area (Å²) in [6, 6.07) is 16.2. The van der Waals surface area contributed by atoms with Crippen LogP contribution in [-0.4, -0.2) is 24.1 Å². The smallest absolute Gasteiger partial charge is 0.226 e. The number of nitrogens with one attached hydrogen (secondary N) is 1. The molecule has 4 rings (SSSR count). The van der Waals surface area contributed by atoms with Crippen LogP contribution < -0.4 is 15.8 Å². The molecule has 1 aliphatic heterocycles. The average molecular weight is 376 g/mol. The first-order valence-corrected chi connectivity index (χ1v) is 9.48. The van der Waals surface area contributed by atoms with E-state index in [1.165, 1.54) is 5.56 Å². The standard InChI is InChI=1S/C22H24N4O2/c1-15-6-8-16(9-7-15)21-25-17(14-28-21)10-12-24-22(23)26-19-11-13-27-20-5-3-2-4-18(19)20/h2-9,14,19H,10-13H2,1H3,(H3,23,24,26). The van der Waals surface area contributed by atoms with Crippen LogP contribution in [0.2, 0.25) is 0 Å². The number of nitrogens with zero attached hydrogens (tertiary/aromatic N) is 2. The van der Waals surface area contributed by atoms with E-state index in [0.29, 0.717) is 31.4 Å². The van der Waals surface area contributed by atoms with E-state index in [1.807, 2.05) is 42.5 Å². The van der Waals surface area contributed by atoms with Crippen LogP contribution in [0.15, 0.2) is 64.2 Å². The van der Waals surface area contributed by atoms with Gasteiger partial charge in [0.15, 0.2) is 5.96 Å². The number of guanidine groups is 1. The van der Waals surface area contributed by atoms with E-state index < -0.39 is 0 Å². The summed E-state index contributed by atoms with van der Waals surface area (Å²) in [5.41, 5.74) is 10.3. The Labute approximate surface area is 164 Å². The number of aromatic nitrogens is 1. The summed E-state index contributed by atoms with van der Waals surface area (Å²) in [6.07, 6.45) is 3.21. The Balaban J connectivity index is 1.33. The summed E-state index contributed by atoms with van der Waals surface area (Å²) in [5.74, 6) is 1.97. The van der Waals surface area contributed by atoms with E-state index in [1.54, 1.807) is 6.26 Å². The highest BCUT2D eigenvalue weighted by Gasteiger charge is 2.21. The molecule has 0 bridgehead atoms. The Bertz CT molecular complexity index is 963. The number of rotatable bonds is 5. The van der Waals surface area contributed by atoms with Crippen molar-refractivity contribution in [3.63, 3.8) is 0 Å². The van der Waals surface area contributed by atoms with Crippen molar-refractivity contribution in [1.29, 1.82) is 0 Å². The van der Waals surface area contributed by atoms with E-state index in [2.05, 4.69) is 28.3 Å². The number of nitrogens with two attached hydrogens (primary N) is 1. The van der Waals surface area contributed by atoms with E-state index in [0.717, 1.165) is 29.0 Å². The summed E-state index contributed by atoms with van der Waals surface area (Å²) >= 11 is 0. The van der Waals surface area contributed by atoms with E-state index in [-0.39, 0.29) is 6.04 Å². The number of ether oxygens (including phenoxy) is 1. The van der Waals surface area contributed by atoms with Crippen LogP contribution in [-0.2, 0) is 6.42 Å². The van der Waals surface area contributed by atoms with Crippen LogP contribution in [0.1, 0.15) is 29.3 Å². The Morgan fingerprint density at radius 3 is 2.89 bits per heavy atom. The molecular formula is C22H24N4O2. The zero-order chi connectivity index (χ0) is 19.3. The van der Waals surface area contributed by atoms with Crippen LogP contribution in [0.5, 0.6) is 5.75 Å². The monoisotopic (exact) mass is 376 g/mol. The van der Waals surface area contributed by atoms with Crippen LogP contribution in [0.25, 0.3) is 11.5 Å². The summed E-state index contributed by atoms with van der Waals surface area (Å²) in [5, 5.41) is 3.30. The number of oxazole rings is 1. The largest absolute Gasteiger partial charge is 0.493 e. The van der Waals surface area contributed by atoms with Gasteiger partial charge in [-0.25, -0.2) is 4.98 Å². The lowest BCUT2D eigenvalue weighted by Gasteiger charge is -2.26. The van der Waals surface area contributed by atoms with Gasteiger partial charge in [-0.2, -0.15) is 0 Å². The average Bonchev–Trinajstić information content (AvgIpc) is 3.18. The van der Waals surface area contributed by atoms with Crippen molar-refractivity contribution >= 4 is 5.96 Å². The van der Waals surface area contributed by atoms with Crippen molar-refractivity contribution in [1.82, 2.24) is 10.3 Å². The second-order valence-electron chi connectivity index (χ2n) is 6.90. The van der Waals surface area contributed by atoms with Crippen LogP contribution in [0.3, 0.4) is 0 Å². The quantitative estimate of drug-likeness (QED) is 0.525. The first-order valence-electron chi connectivity index (χ1n) is 9.48. The first kappa shape index (κ1) is 18.1. The number of hydrogen-bond donors (Lipinski definition) is 2. The second kappa shape index (κ2) is 8.17. The summed E-state index contributed by atoms with van der Waals surface area (Å²) < 4.78 is 11.3. The molecule has 1 atom stereocenters. The molecule has 6 heteroatoms. The Morgan fingerprint density at radius 2 is 2.04 bits per heavy atom. The van der Waals surface area contributed by atoms with Crippen LogP contribution in [0.4, 0.5) is 0 Å². The molecule has 0 amide bonds. The first-order chi connectivity index (χ1) is 13.7. The number of fused-ring (bicyclic) bond motifs is 1. The fourth-order valence-electron chi connectivity index (χ4n) is 3.26. The molecule has 0 spiro atoms. The van der Waals surface area contributed by atoms with E-state index in [4.69, 9.17) is 14.9 Å². The number of aliphatic imine (C=N–C) groups is 1. The van der Waals surface area contributed by atoms with Crippen molar-refractivity contribution in [3.8, 4) is 17.2 Å². The molecule has 1 aliphatic rings. The molecule has 0 radical (unpaired) electrons. The highest BCUT2D eigenvalue weighted by molar-refractivity contribution is 5.78. The molecule has 0 aliphatic carbocycles. The number of aryl methyl sites for hydroxylation is 1. The predicted octanol–water partition coefficient (Wildman–Crippen LogP) is 3.62. The molecule has 28 heavy (non-hydrogen) atoms. The summed E-state index contributed by atoms with van der Waals surface area (Å²) in [7, 11) is 0. The zero-order valence-electron chi connectivity index (χ0n) is 15.9. The Morgan fingerprint density at radius 1 is 1.21 bits per heavy atom. The van der Waals surface area contributed by atoms with Gasteiger partial charge in [-0.05, 0) is 25.1 Å². The van der Waals surface area contributed by atoms with Gasteiger partial charge < -0.3 is 20.2 Å². The molecule has 144 valence electrons. The van der Waals surface area contributed by atoms with Crippen molar-refractivity contribution in [3.05, 3.63) is 71.6 Å². The number of hydrogen-bond acceptors (Lipinski definition) is 4. The zero-order valence-corrected chi connectivity index (χ0v) is 15.9. The van der Waals surface area contributed by atoms with Gasteiger partial charge >= 0.3 is 0 Å². The maximum atomic E-state index is 6.09. The molecule has 2 aromatic carbocycles. The molecule has 2 heterocycles. The highest BCUT2D eigenvalue weighted by atomic mass is 16.5. The van der Waals surface area contributed by atoms with E-state index >= 15 is 0 Å². The summed E-state index contributed by atoms with van der Waals surface area (Å²) in [6.45, 7) is 3.27. The lowest BCUT2D eigenvalue weighted by molar-refractivity contribution is 0.262. The lowest BCUT2D eigenvalue weighted by Crippen LogP contribution is -2.37.